The predicted octanol–water partition coefficient (Wildman–Crippen LogP) is 3.22. The fourth-order valence-corrected chi connectivity index (χ4v) is 4.85. The quantitative estimate of drug-likeness (QED) is 0.533. The van der Waals surface area contributed by atoms with E-state index in [4.69, 9.17) is 4.74 Å². The average molecular weight is 383 g/mol. The Labute approximate surface area is 157 Å². The van der Waals surface area contributed by atoms with Crippen LogP contribution in [-0.2, 0) is 4.74 Å². The summed E-state index contributed by atoms with van der Waals surface area (Å²) in [6, 6.07) is 0.205. The smallest absolute Gasteiger partial charge is 0.410 e. The van der Waals surface area contributed by atoms with Gasteiger partial charge in [0.15, 0.2) is 0 Å². The summed E-state index contributed by atoms with van der Waals surface area (Å²) in [5, 5.41) is 1.02. The molecule has 1 fully saturated rings. The molecular formula is C17H26N4O2S2. The molecule has 0 unspecified atom stereocenters. The molecule has 3 rings (SSSR count). The third-order valence-corrected chi connectivity index (χ3v) is 6.36. The van der Waals surface area contributed by atoms with Crippen molar-refractivity contribution < 1.29 is 9.53 Å². The minimum absolute atomic E-state index is 0.171. The zero-order valence-electron chi connectivity index (χ0n) is 15.1. The van der Waals surface area contributed by atoms with Crippen molar-refractivity contribution in [3.63, 3.8) is 0 Å². The number of ether oxygens (including phenoxy) is 1. The van der Waals surface area contributed by atoms with E-state index in [9.17, 15) is 4.79 Å². The fraction of sp³-hybridized carbons (Fsp3) is 0.706. The monoisotopic (exact) mass is 382 g/mol. The molecule has 6 nitrogen and oxygen atoms in total. The van der Waals surface area contributed by atoms with Gasteiger partial charge in [0.25, 0.3) is 0 Å². The molecule has 1 atom stereocenters. The first-order valence-electron chi connectivity index (χ1n) is 8.83. The molecule has 0 aromatic carbocycles. The van der Waals surface area contributed by atoms with E-state index in [0.717, 1.165) is 48.9 Å². The van der Waals surface area contributed by atoms with E-state index in [1.165, 1.54) is 17.3 Å². The van der Waals surface area contributed by atoms with Crippen LogP contribution in [0.4, 0.5) is 4.79 Å². The number of hydrogen-bond donors (Lipinski definition) is 0. The Morgan fingerprint density at radius 3 is 3.04 bits per heavy atom. The molecule has 25 heavy (non-hydrogen) atoms. The molecular weight excluding hydrogens is 356 g/mol. The molecule has 1 saturated heterocycles. The lowest BCUT2D eigenvalue weighted by atomic mass is 10.0. The zero-order chi connectivity index (χ0) is 17.8. The second-order valence-electron chi connectivity index (χ2n) is 6.96. The number of thioether (sulfide) groups is 1. The lowest BCUT2D eigenvalue weighted by Crippen LogP contribution is -2.37. The van der Waals surface area contributed by atoms with Crippen molar-refractivity contribution in [2.24, 2.45) is 5.92 Å². The number of nitrogens with zero attached hydrogens (tertiary/aromatic N) is 4. The molecule has 0 aliphatic carbocycles. The minimum atomic E-state index is -0.171. The topological polar surface area (TPSA) is 58.6 Å². The van der Waals surface area contributed by atoms with Crippen LogP contribution in [-0.4, -0.2) is 69.7 Å². The van der Waals surface area contributed by atoms with Gasteiger partial charge in [0.05, 0.1) is 17.8 Å². The summed E-state index contributed by atoms with van der Waals surface area (Å²) in [5.74, 6) is 1.35. The van der Waals surface area contributed by atoms with Gasteiger partial charge in [-0.15, -0.1) is 11.8 Å². The summed E-state index contributed by atoms with van der Waals surface area (Å²) in [4.78, 5) is 16.1. The van der Waals surface area contributed by atoms with Crippen LogP contribution >= 0.6 is 23.5 Å². The molecule has 1 amide bonds. The van der Waals surface area contributed by atoms with Crippen LogP contribution in [0.15, 0.2) is 11.1 Å². The normalized spacial score (nSPS) is 21.8. The van der Waals surface area contributed by atoms with Gasteiger partial charge in [-0.3, -0.25) is 0 Å². The van der Waals surface area contributed by atoms with E-state index in [1.54, 1.807) is 11.8 Å². The maximum Gasteiger partial charge on any atom is 0.410 e. The Hall–Kier alpha value is -1.12. The molecule has 1 aromatic rings. The number of carbonyl (C=O) groups excluding carboxylic acids is 1. The Bertz CT molecular complexity index is 632. The van der Waals surface area contributed by atoms with Crippen molar-refractivity contribution >= 4 is 35.2 Å². The molecule has 0 bridgehead atoms. The van der Waals surface area contributed by atoms with Gasteiger partial charge in [-0.25, -0.2) is 4.79 Å². The molecule has 0 saturated carbocycles. The first-order valence-corrected chi connectivity index (χ1v) is 10.5. The zero-order valence-corrected chi connectivity index (χ0v) is 16.7. The summed E-state index contributed by atoms with van der Waals surface area (Å²) >= 11 is 3.03. The Morgan fingerprint density at radius 2 is 2.28 bits per heavy atom. The van der Waals surface area contributed by atoms with Crippen LogP contribution in [0.1, 0.15) is 32.4 Å². The maximum absolute atomic E-state index is 11.9. The average Bonchev–Trinajstić information content (AvgIpc) is 3.18. The van der Waals surface area contributed by atoms with E-state index < -0.39 is 0 Å². The number of amides is 1. The molecule has 0 spiro atoms. The maximum atomic E-state index is 11.9. The standard InChI is InChI=1S/C17H26N4O2S2/c1-12(2)14-11-23-17(22)21(14)8-5-9-24-16-15(18-25-19-16)13-6-4-7-20(3)10-13/h6,12,14H,4-5,7-11H2,1-3H3/t14-/m1/s1. The second kappa shape index (κ2) is 8.51. The minimum Gasteiger partial charge on any atom is -0.447 e. The Balaban J connectivity index is 1.51. The number of aromatic nitrogens is 2. The molecule has 2 aliphatic rings. The summed E-state index contributed by atoms with van der Waals surface area (Å²) in [5.41, 5.74) is 2.33. The predicted molar refractivity (Wildman–Crippen MR) is 102 cm³/mol. The first kappa shape index (κ1) is 18.7. The van der Waals surface area contributed by atoms with Crippen molar-refractivity contribution in [2.75, 3.05) is 39.0 Å². The highest BCUT2D eigenvalue weighted by atomic mass is 32.2. The first-order chi connectivity index (χ1) is 12.1. The van der Waals surface area contributed by atoms with Crippen LogP contribution in [0.2, 0.25) is 0 Å². The van der Waals surface area contributed by atoms with E-state index in [1.807, 2.05) is 4.90 Å². The van der Waals surface area contributed by atoms with Crippen LogP contribution in [0.25, 0.3) is 5.57 Å². The summed E-state index contributed by atoms with van der Waals surface area (Å²) in [7, 11) is 2.14. The van der Waals surface area contributed by atoms with E-state index >= 15 is 0 Å². The van der Waals surface area contributed by atoms with Gasteiger partial charge in [0.2, 0.25) is 0 Å². The molecule has 3 heterocycles. The van der Waals surface area contributed by atoms with Crippen LogP contribution < -0.4 is 0 Å². The number of cyclic esters (lactones) is 1. The van der Waals surface area contributed by atoms with Gasteiger partial charge in [0.1, 0.15) is 17.3 Å². The number of carbonyl (C=O) groups is 1. The number of rotatable bonds is 7. The Morgan fingerprint density at radius 1 is 1.44 bits per heavy atom. The molecule has 2 aliphatic heterocycles. The van der Waals surface area contributed by atoms with Crippen molar-refractivity contribution in [2.45, 2.75) is 37.8 Å². The molecule has 138 valence electrons. The fourth-order valence-electron chi connectivity index (χ4n) is 3.21. The highest BCUT2D eigenvalue weighted by Gasteiger charge is 2.34. The highest BCUT2D eigenvalue weighted by Crippen LogP contribution is 2.29. The second-order valence-corrected chi connectivity index (χ2v) is 8.57. The van der Waals surface area contributed by atoms with Crippen LogP contribution in [0.5, 0.6) is 0 Å². The van der Waals surface area contributed by atoms with Gasteiger partial charge >= 0.3 is 6.09 Å². The van der Waals surface area contributed by atoms with E-state index in [-0.39, 0.29) is 12.1 Å². The molecule has 1 aromatic heterocycles. The van der Waals surface area contributed by atoms with Gasteiger partial charge in [-0.2, -0.15) is 8.75 Å². The van der Waals surface area contributed by atoms with Gasteiger partial charge in [-0.05, 0) is 31.4 Å². The van der Waals surface area contributed by atoms with Crippen LogP contribution in [0.3, 0.4) is 0 Å². The van der Waals surface area contributed by atoms with Crippen molar-refractivity contribution in [1.29, 1.82) is 0 Å². The highest BCUT2D eigenvalue weighted by molar-refractivity contribution is 7.99. The SMILES string of the molecule is CC(C)[C@H]1COC(=O)N1CCCSc1nsnc1C1=CCCN(C)C1. The summed E-state index contributed by atoms with van der Waals surface area (Å²) in [6.07, 6.45) is 4.11. The lowest BCUT2D eigenvalue weighted by Gasteiger charge is -2.24. The molecule has 0 N–H and O–H groups in total. The lowest BCUT2D eigenvalue weighted by molar-refractivity contribution is 0.157. The number of hydrogen-bond acceptors (Lipinski definition) is 7. The third-order valence-electron chi connectivity index (χ3n) is 4.67. The van der Waals surface area contributed by atoms with Crippen molar-refractivity contribution in [1.82, 2.24) is 18.5 Å². The number of likely N-dealkylation sites (N-methyl/N-ethyl adjacent to an activating group) is 1. The summed E-state index contributed by atoms with van der Waals surface area (Å²) < 4.78 is 14.2. The largest absolute Gasteiger partial charge is 0.447 e. The van der Waals surface area contributed by atoms with Crippen molar-refractivity contribution in [3.05, 3.63) is 11.8 Å². The van der Waals surface area contributed by atoms with Crippen molar-refractivity contribution in [3.8, 4) is 0 Å². The van der Waals surface area contributed by atoms with Crippen LogP contribution in [0, 0.1) is 5.92 Å². The molecule has 0 radical (unpaired) electrons. The van der Waals surface area contributed by atoms with Gasteiger partial charge in [-0.1, -0.05) is 19.9 Å². The van der Waals surface area contributed by atoms with E-state index in [0.29, 0.717) is 12.5 Å². The molecule has 8 heteroatoms. The third kappa shape index (κ3) is 4.54. The summed E-state index contributed by atoms with van der Waals surface area (Å²) in [6.45, 7) is 7.58. The van der Waals surface area contributed by atoms with Gasteiger partial charge < -0.3 is 14.5 Å². The van der Waals surface area contributed by atoms with Gasteiger partial charge in [0, 0.05) is 25.4 Å². The van der Waals surface area contributed by atoms with E-state index in [2.05, 4.69) is 40.6 Å². The Kier molecular flexibility index (Phi) is 6.35.